The molecule has 7 heteroatoms. The number of nitrogens with zero attached hydrogens (tertiary/aromatic N) is 4. The predicted molar refractivity (Wildman–Crippen MR) is 80.4 cm³/mol. The van der Waals surface area contributed by atoms with Gasteiger partial charge in [-0.1, -0.05) is 25.6 Å². The van der Waals surface area contributed by atoms with Crippen molar-refractivity contribution < 1.29 is 9.90 Å². The summed E-state index contributed by atoms with van der Waals surface area (Å²) in [7, 11) is 0. The van der Waals surface area contributed by atoms with Gasteiger partial charge >= 0.3 is 5.97 Å². The summed E-state index contributed by atoms with van der Waals surface area (Å²) in [4.78, 5) is 14.7. The Kier molecular flexibility index (Phi) is 5.32. The van der Waals surface area contributed by atoms with Crippen LogP contribution in [0.4, 0.5) is 0 Å². The van der Waals surface area contributed by atoms with E-state index in [1.54, 1.807) is 12.4 Å². The molecule has 0 unspecified atom stereocenters. The van der Waals surface area contributed by atoms with E-state index < -0.39 is 5.97 Å². The minimum absolute atomic E-state index is 0.00845. The van der Waals surface area contributed by atoms with Gasteiger partial charge < -0.3 is 9.67 Å². The Labute approximate surface area is 127 Å². The van der Waals surface area contributed by atoms with Crippen molar-refractivity contribution in [3.05, 3.63) is 35.9 Å². The Morgan fingerprint density at radius 3 is 2.67 bits per heavy atom. The van der Waals surface area contributed by atoms with Crippen LogP contribution in [0.5, 0.6) is 0 Å². The van der Waals surface area contributed by atoms with Gasteiger partial charge in [0, 0.05) is 24.9 Å². The highest BCUT2D eigenvalue weighted by molar-refractivity contribution is 7.99. The van der Waals surface area contributed by atoms with Crippen LogP contribution in [0.2, 0.25) is 0 Å². The van der Waals surface area contributed by atoms with Gasteiger partial charge in [0.2, 0.25) is 0 Å². The Morgan fingerprint density at radius 2 is 2.05 bits per heavy atom. The van der Waals surface area contributed by atoms with E-state index in [0.29, 0.717) is 5.16 Å². The van der Waals surface area contributed by atoms with Gasteiger partial charge in [-0.3, -0.25) is 9.78 Å². The standard InChI is InChI=1S/C14H18N4O2S/c1-10(2)13-16-17-14(21-9-12(19)20)18(13)8-5-11-3-6-15-7-4-11/h3-4,6-7,10H,5,8-9H2,1-2H3,(H,19,20). The van der Waals surface area contributed by atoms with Gasteiger partial charge in [0.15, 0.2) is 5.16 Å². The number of carbonyl (C=O) groups is 1. The summed E-state index contributed by atoms with van der Waals surface area (Å²) in [6.07, 6.45) is 4.37. The molecule has 0 atom stereocenters. The molecule has 2 aromatic rings. The minimum Gasteiger partial charge on any atom is -0.481 e. The Balaban J connectivity index is 2.14. The van der Waals surface area contributed by atoms with Crippen molar-refractivity contribution in [1.82, 2.24) is 19.7 Å². The van der Waals surface area contributed by atoms with Gasteiger partial charge in [-0.2, -0.15) is 0 Å². The molecule has 0 spiro atoms. The van der Waals surface area contributed by atoms with Crippen molar-refractivity contribution in [1.29, 1.82) is 0 Å². The lowest BCUT2D eigenvalue weighted by Gasteiger charge is -2.11. The van der Waals surface area contributed by atoms with E-state index in [4.69, 9.17) is 5.11 Å². The summed E-state index contributed by atoms with van der Waals surface area (Å²) >= 11 is 1.21. The van der Waals surface area contributed by atoms with Crippen LogP contribution in [-0.4, -0.2) is 36.6 Å². The maximum Gasteiger partial charge on any atom is 0.313 e. The number of rotatable bonds is 7. The van der Waals surface area contributed by atoms with Crippen molar-refractivity contribution in [2.75, 3.05) is 5.75 Å². The summed E-state index contributed by atoms with van der Waals surface area (Å²) in [6, 6.07) is 3.95. The number of aromatic nitrogens is 4. The molecule has 2 heterocycles. The molecule has 0 aliphatic carbocycles. The molecule has 6 nitrogen and oxygen atoms in total. The highest BCUT2D eigenvalue weighted by atomic mass is 32.2. The van der Waals surface area contributed by atoms with Crippen molar-refractivity contribution in [2.45, 2.75) is 37.9 Å². The van der Waals surface area contributed by atoms with E-state index in [2.05, 4.69) is 29.0 Å². The van der Waals surface area contributed by atoms with Crippen LogP contribution in [0.15, 0.2) is 29.7 Å². The lowest BCUT2D eigenvalue weighted by atomic mass is 10.2. The SMILES string of the molecule is CC(C)c1nnc(SCC(=O)O)n1CCc1ccncc1. The number of thioether (sulfide) groups is 1. The number of aryl methyl sites for hydroxylation is 1. The van der Waals surface area contributed by atoms with Gasteiger partial charge in [0.25, 0.3) is 0 Å². The molecule has 0 bridgehead atoms. The third-order valence-electron chi connectivity index (χ3n) is 2.96. The fourth-order valence-electron chi connectivity index (χ4n) is 1.96. The van der Waals surface area contributed by atoms with Crippen LogP contribution in [-0.2, 0) is 17.8 Å². The van der Waals surface area contributed by atoms with Crippen molar-refractivity contribution >= 4 is 17.7 Å². The van der Waals surface area contributed by atoms with Crippen molar-refractivity contribution in [3.63, 3.8) is 0 Å². The van der Waals surface area contributed by atoms with Gasteiger partial charge in [-0.15, -0.1) is 10.2 Å². The van der Waals surface area contributed by atoms with Crippen LogP contribution in [0.1, 0.15) is 31.2 Å². The summed E-state index contributed by atoms with van der Waals surface area (Å²) in [5, 5.41) is 17.8. The number of carboxylic acids is 1. The molecule has 0 saturated heterocycles. The van der Waals surface area contributed by atoms with E-state index in [9.17, 15) is 4.79 Å². The molecule has 0 aromatic carbocycles. The lowest BCUT2D eigenvalue weighted by Crippen LogP contribution is -2.10. The first kappa shape index (κ1) is 15.5. The number of carboxylic acid groups (broad SMARTS) is 1. The monoisotopic (exact) mass is 306 g/mol. The van der Waals surface area contributed by atoms with Crippen molar-refractivity contribution in [3.8, 4) is 0 Å². The van der Waals surface area contributed by atoms with E-state index in [0.717, 1.165) is 18.8 Å². The molecule has 0 aliphatic heterocycles. The fraction of sp³-hybridized carbons (Fsp3) is 0.429. The number of hydrogen-bond acceptors (Lipinski definition) is 5. The van der Waals surface area contributed by atoms with Crippen LogP contribution in [0.25, 0.3) is 0 Å². The molecule has 0 amide bonds. The molecule has 2 aromatic heterocycles. The highest BCUT2D eigenvalue weighted by Crippen LogP contribution is 2.21. The molecular weight excluding hydrogens is 288 g/mol. The van der Waals surface area contributed by atoms with Gasteiger partial charge in [-0.05, 0) is 24.1 Å². The van der Waals surface area contributed by atoms with Crippen LogP contribution in [0.3, 0.4) is 0 Å². The smallest absolute Gasteiger partial charge is 0.313 e. The van der Waals surface area contributed by atoms with Crippen molar-refractivity contribution in [2.24, 2.45) is 0 Å². The first-order valence-electron chi connectivity index (χ1n) is 6.74. The van der Waals surface area contributed by atoms with E-state index in [1.165, 1.54) is 17.3 Å². The van der Waals surface area contributed by atoms with Crippen LogP contribution < -0.4 is 0 Å². The zero-order valence-electron chi connectivity index (χ0n) is 12.1. The number of pyridine rings is 1. The molecular formula is C14H18N4O2S. The van der Waals surface area contributed by atoms with Crippen LogP contribution >= 0.6 is 11.8 Å². The average Bonchev–Trinajstić information content (AvgIpc) is 2.87. The van der Waals surface area contributed by atoms with E-state index in [1.807, 2.05) is 16.7 Å². The minimum atomic E-state index is -0.852. The van der Waals surface area contributed by atoms with E-state index >= 15 is 0 Å². The zero-order valence-corrected chi connectivity index (χ0v) is 12.9. The summed E-state index contributed by atoms with van der Waals surface area (Å²) in [5.74, 6) is 0.270. The van der Waals surface area contributed by atoms with Gasteiger partial charge in [0.05, 0.1) is 5.75 Å². The number of aliphatic carboxylic acids is 1. The normalized spacial score (nSPS) is 11.0. The largest absolute Gasteiger partial charge is 0.481 e. The first-order chi connectivity index (χ1) is 10.1. The second kappa shape index (κ2) is 7.21. The Hall–Kier alpha value is -1.89. The third-order valence-corrected chi connectivity index (χ3v) is 3.91. The lowest BCUT2D eigenvalue weighted by molar-refractivity contribution is -0.133. The van der Waals surface area contributed by atoms with Crippen LogP contribution in [0, 0.1) is 0 Å². The first-order valence-corrected chi connectivity index (χ1v) is 7.73. The second-order valence-corrected chi connectivity index (χ2v) is 5.88. The molecule has 112 valence electrons. The average molecular weight is 306 g/mol. The molecule has 0 saturated carbocycles. The Morgan fingerprint density at radius 1 is 1.33 bits per heavy atom. The fourth-order valence-corrected chi connectivity index (χ4v) is 2.65. The quantitative estimate of drug-likeness (QED) is 0.790. The summed E-state index contributed by atoms with van der Waals surface area (Å²) in [6.45, 7) is 4.84. The Bertz CT molecular complexity index is 598. The topological polar surface area (TPSA) is 80.9 Å². The molecule has 1 N–H and O–H groups in total. The van der Waals surface area contributed by atoms with Gasteiger partial charge in [-0.25, -0.2) is 0 Å². The highest BCUT2D eigenvalue weighted by Gasteiger charge is 2.16. The number of hydrogen-bond donors (Lipinski definition) is 1. The third kappa shape index (κ3) is 4.29. The second-order valence-electron chi connectivity index (χ2n) is 4.93. The zero-order chi connectivity index (χ0) is 15.2. The van der Waals surface area contributed by atoms with E-state index in [-0.39, 0.29) is 11.7 Å². The summed E-state index contributed by atoms with van der Waals surface area (Å²) < 4.78 is 2.01. The molecule has 2 rings (SSSR count). The molecule has 21 heavy (non-hydrogen) atoms. The molecule has 0 radical (unpaired) electrons. The maximum absolute atomic E-state index is 10.7. The van der Waals surface area contributed by atoms with Gasteiger partial charge in [0.1, 0.15) is 5.82 Å². The maximum atomic E-state index is 10.7. The summed E-state index contributed by atoms with van der Waals surface area (Å²) in [5.41, 5.74) is 1.18. The molecule has 0 fully saturated rings. The predicted octanol–water partition coefficient (Wildman–Crippen LogP) is 2.22. The molecule has 0 aliphatic rings.